The molecule has 0 amide bonds. The minimum atomic E-state index is 0.442. The van der Waals surface area contributed by atoms with Crippen molar-refractivity contribution in [2.75, 3.05) is 20.3 Å². The third-order valence-electron chi connectivity index (χ3n) is 4.59. The molecule has 3 unspecified atom stereocenters. The summed E-state index contributed by atoms with van der Waals surface area (Å²) in [6.45, 7) is 5.97. The largest absolute Gasteiger partial charge is 0.383 e. The number of ether oxygens (including phenoxy) is 2. The standard InChI is InChI=1S/C14H27NO2/c1-4-17-13-9-12(15-11(2)10-16-3)14(13)7-5-6-8-14/h11-13,15H,4-10H2,1-3H3. The highest BCUT2D eigenvalue weighted by Crippen LogP contribution is 2.54. The van der Waals surface area contributed by atoms with Gasteiger partial charge < -0.3 is 14.8 Å². The molecular formula is C14H27NO2. The van der Waals surface area contributed by atoms with Crippen molar-refractivity contribution in [1.29, 1.82) is 0 Å². The predicted molar refractivity (Wildman–Crippen MR) is 69.2 cm³/mol. The van der Waals surface area contributed by atoms with E-state index in [1.165, 1.54) is 32.1 Å². The van der Waals surface area contributed by atoms with E-state index in [4.69, 9.17) is 9.47 Å². The van der Waals surface area contributed by atoms with Crippen LogP contribution in [0.1, 0.15) is 46.0 Å². The molecule has 0 heterocycles. The lowest BCUT2D eigenvalue weighted by atomic mass is 9.60. The van der Waals surface area contributed by atoms with E-state index >= 15 is 0 Å². The maximum atomic E-state index is 5.92. The molecule has 2 aliphatic rings. The van der Waals surface area contributed by atoms with Gasteiger partial charge in [-0.05, 0) is 33.1 Å². The van der Waals surface area contributed by atoms with Gasteiger partial charge in [0.15, 0.2) is 0 Å². The molecule has 3 atom stereocenters. The highest BCUT2D eigenvalue weighted by Gasteiger charge is 2.56. The van der Waals surface area contributed by atoms with Gasteiger partial charge >= 0.3 is 0 Å². The van der Waals surface area contributed by atoms with Gasteiger partial charge in [-0.1, -0.05) is 12.8 Å². The normalized spacial score (nSPS) is 32.6. The summed E-state index contributed by atoms with van der Waals surface area (Å²) in [6, 6.07) is 1.09. The lowest BCUT2D eigenvalue weighted by Gasteiger charge is -2.55. The van der Waals surface area contributed by atoms with Gasteiger partial charge in [0.05, 0.1) is 12.7 Å². The van der Waals surface area contributed by atoms with Crippen LogP contribution in [0.2, 0.25) is 0 Å². The van der Waals surface area contributed by atoms with Crippen molar-refractivity contribution in [2.24, 2.45) is 5.41 Å². The Morgan fingerprint density at radius 3 is 2.65 bits per heavy atom. The molecule has 0 saturated heterocycles. The molecule has 0 aromatic rings. The SMILES string of the molecule is CCOC1CC(NC(C)COC)C12CCCC2. The van der Waals surface area contributed by atoms with Crippen molar-refractivity contribution in [1.82, 2.24) is 5.32 Å². The van der Waals surface area contributed by atoms with Crippen LogP contribution < -0.4 is 5.32 Å². The van der Waals surface area contributed by atoms with Crippen LogP contribution in [0.25, 0.3) is 0 Å². The molecule has 0 aliphatic heterocycles. The molecule has 2 saturated carbocycles. The van der Waals surface area contributed by atoms with Crippen LogP contribution in [-0.2, 0) is 9.47 Å². The topological polar surface area (TPSA) is 30.5 Å². The number of rotatable bonds is 6. The van der Waals surface area contributed by atoms with E-state index in [0.717, 1.165) is 13.2 Å². The van der Waals surface area contributed by atoms with Crippen LogP contribution in [0.15, 0.2) is 0 Å². The molecule has 3 nitrogen and oxygen atoms in total. The number of hydrogen-bond acceptors (Lipinski definition) is 3. The van der Waals surface area contributed by atoms with Gasteiger partial charge in [0.25, 0.3) is 0 Å². The van der Waals surface area contributed by atoms with Gasteiger partial charge in [0, 0.05) is 31.2 Å². The maximum Gasteiger partial charge on any atom is 0.0661 e. The molecule has 1 spiro atoms. The molecule has 0 aromatic heterocycles. The Morgan fingerprint density at radius 1 is 1.35 bits per heavy atom. The summed E-state index contributed by atoms with van der Waals surface area (Å²) in [5, 5.41) is 3.73. The lowest BCUT2D eigenvalue weighted by Crippen LogP contribution is -2.64. The summed E-state index contributed by atoms with van der Waals surface area (Å²) in [5.41, 5.74) is 0.442. The van der Waals surface area contributed by atoms with Gasteiger partial charge in [-0.15, -0.1) is 0 Å². The van der Waals surface area contributed by atoms with Crippen molar-refractivity contribution in [3.05, 3.63) is 0 Å². The van der Waals surface area contributed by atoms with Crippen molar-refractivity contribution in [3.63, 3.8) is 0 Å². The molecule has 0 aromatic carbocycles. The Labute approximate surface area is 105 Å². The van der Waals surface area contributed by atoms with Crippen molar-refractivity contribution in [2.45, 2.75) is 64.1 Å². The smallest absolute Gasteiger partial charge is 0.0661 e. The fourth-order valence-corrected chi connectivity index (χ4v) is 3.76. The third kappa shape index (κ3) is 2.51. The second-order valence-electron chi connectivity index (χ2n) is 5.70. The van der Waals surface area contributed by atoms with Gasteiger partial charge in [-0.2, -0.15) is 0 Å². The first-order chi connectivity index (χ1) is 8.23. The van der Waals surface area contributed by atoms with E-state index in [9.17, 15) is 0 Å². The summed E-state index contributed by atoms with van der Waals surface area (Å²) >= 11 is 0. The molecule has 0 bridgehead atoms. The molecular weight excluding hydrogens is 214 g/mol. The van der Waals surface area contributed by atoms with E-state index in [1.807, 2.05) is 0 Å². The first-order valence-electron chi connectivity index (χ1n) is 7.09. The van der Waals surface area contributed by atoms with E-state index in [0.29, 0.717) is 23.6 Å². The van der Waals surface area contributed by atoms with Gasteiger partial charge in [0.1, 0.15) is 0 Å². The van der Waals surface area contributed by atoms with Crippen LogP contribution in [0.5, 0.6) is 0 Å². The number of nitrogens with one attached hydrogen (secondary N) is 1. The molecule has 17 heavy (non-hydrogen) atoms. The quantitative estimate of drug-likeness (QED) is 0.774. The highest BCUT2D eigenvalue weighted by molar-refractivity contribution is 5.10. The van der Waals surface area contributed by atoms with Gasteiger partial charge in [-0.25, -0.2) is 0 Å². The number of hydrogen-bond donors (Lipinski definition) is 1. The monoisotopic (exact) mass is 241 g/mol. The number of methoxy groups -OCH3 is 1. The molecule has 1 N–H and O–H groups in total. The summed E-state index contributed by atoms with van der Waals surface area (Å²) in [5.74, 6) is 0. The van der Waals surface area contributed by atoms with Crippen LogP contribution in [0, 0.1) is 5.41 Å². The Bertz CT molecular complexity index is 238. The second kappa shape index (κ2) is 5.68. The van der Waals surface area contributed by atoms with Crippen molar-refractivity contribution >= 4 is 0 Å². The third-order valence-corrected chi connectivity index (χ3v) is 4.59. The summed E-state index contributed by atoms with van der Waals surface area (Å²) in [4.78, 5) is 0. The highest BCUT2D eigenvalue weighted by atomic mass is 16.5. The average Bonchev–Trinajstić information content (AvgIpc) is 2.80. The van der Waals surface area contributed by atoms with Crippen molar-refractivity contribution in [3.8, 4) is 0 Å². The van der Waals surface area contributed by atoms with Crippen LogP contribution in [0.4, 0.5) is 0 Å². The molecule has 2 aliphatic carbocycles. The Balaban J connectivity index is 1.91. The van der Waals surface area contributed by atoms with Crippen molar-refractivity contribution < 1.29 is 9.47 Å². The van der Waals surface area contributed by atoms with Crippen LogP contribution in [0.3, 0.4) is 0 Å². The Kier molecular flexibility index (Phi) is 4.45. The van der Waals surface area contributed by atoms with Gasteiger partial charge in [0.2, 0.25) is 0 Å². The van der Waals surface area contributed by atoms with Crippen LogP contribution in [-0.4, -0.2) is 38.5 Å². The minimum absolute atomic E-state index is 0.442. The maximum absolute atomic E-state index is 5.92. The van der Waals surface area contributed by atoms with Crippen LogP contribution >= 0.6 is 0 Å². The molecule has 2 fully saturated rings. The van der Waals surface area contributed by atoms with E-state index in [2.05, 4.69) is 19.2 Å². The summed E-state index contributed by atoms with van der Waals surface area (Å²) in [7, 11) is 1.77. The average molecular weight is 241 g/mol. The molecule has 3 heteroatoms. The Morgan fingerprint density at radius 2 is 2.06 bits per heavy atom. The van der Waals surface area contributed by atoms with E-state index < -0.39 is 0 Å². The molecule has 2 rings (SSSR count). The summed E-state index contributed by atoms with van der Waals surface area (Å²) in [6.07, 6.45) is 7.12. The van der Waals surface area contributed by atoms with E-state index in [-0.39, 0.29) is 0 Å². The fraction of sp³-hybridized carbons (Fsp3) is 1.00. The molecule has 100 valence electrons. The zero-order chi connectivity index (χ0) is 12.3. The minimum Gasteiger partial charge on any atom is -0.383 e. The zero-order valence-corrected chi connectivity index (χ0v) is 11.5. The lowest BCUT2D eigenvalue weighted by molar-refractivity contribution is -0.133. The predicted octanol–water partition coefficient (Wildman–Crippen LogP) is 2.35. The summed E-state index contributed by atoms with van der Waals surface area (Å²) < 4.78 is 11.1. The van der Waals surface area contributed by atoms with Gasteiger partial charge in [-0.3, -0.25) is 0 Å². The van der Waals surface area contributed by atoms with E-state index in [1.54, 1.807) is 7.11 Å². The first-order valence-corrected chi connectivity index (χ1v) is 7.09. The Hall–Kier alpha value is -0.120. The second-order valence-corrected chi connectivity index (χ2v) is 5.70. The first kappa shape index (κ1) is 13.3. The fourth-order valence-electron chi connectivity index (χ4n) is 3.76. The molecule has 0 radical (unpaired) electrons. The zero-order valence-electron chi connectivity index (χ0n) is 11.5.